The highest BCUT2D eigenvalue weighted by atomic mass is 28.4. The highest BCUT2D eigenvalue weighted by Crippen LogP contribution is 2.50. The van der Waals surface area contributed by atoms with Gasteiger partial charge in [0.05, 0.1) is 12.0 Å². The second-order valence-corrected chi connectivity index (χ2v) is 21.1. The summed E-state index contributed by atoms with van der Waals surface area (Å²) in [6, 6.07) is 30.7. The summed E-state index contributed by atoms with van der Waals surface area (Å²) in [6.07, 6.45) is 6.22. The Morgan fingerprint density at radius 1 is 0.898 bits per heavy atom. The molecule has 0 radical (unpaired) electrons. The molecule has 310 valence electrons. The first-order valence-electron chi connectivity index (χ1n) is 19.8. The molecule has 13 heteroatoms. The highest BCUT2D eigenvalue weighted by molar-refractivity contribution is 6.74. The van der Waals surface area contributed by atoms with Crippen molar-refractivity contribution in [1.82, 2.24) is 14.5 Å². The van der Waals surface area contributed by atoms with Crippen LogP contribution in [0.5, 0.6) is 0 Å². The predicted molar refractivity (Wildman–Crippen MR) is 228 cm³/mol. The number of rotatable bonds is 14. The molecule has 1 fully saturated rings. The van der Waals surface area contributed by atoms with E-state index in [-0.39, 0.29) is 17.6 Å². The molecule has 1 aliphatic carbocycles. The summed E-state index contributed by atoms with van der Waals surface area (Å²) in [5.74, 6) is -2.62. The van der Waals surface area contributed by atoms with Crippen LogP contribution in [0.25, 0.3) is 11.0 Å². The zero-order chi connectivity index (χ0) is 42.1. The van der Waals surface area contributed by atoms with Gasteiger partial charge in [0.2, 0.25) is 5.79 Å². The van der Waals surface area contributed by atoms with E-state index in [9.17, 15) is 9.90 Å². The second kappa shape index (κ2) is 16.7. The average Bonchev–Trinajstić information content (AvgIpc) is 3.80. The van der Waals surface area contributed by atoms with Crippen LogP contribution in [0.1, 0.15) is 54.9 Å². The SMILES string of the molecule is COC1(OC)C=CC(C(OC[C@H]2O[C@@H](n3ccc4c(NC(=O)c5ccccc5)ncnc43)[C@](OC)(O[Si](C)(C)C(C)(C)C)[C@@H]2O)(c2ccccc2)c2ccccc2)=CC1. The molecule has 0 saturated carbocycles. The number of carbonyl (C=O) groups excluding carboxylic acids is 1. The third kappa shape index (κ3) is 7.73. The number of anilines is 1. The summed E-state index contributed by atoms with van der Waals surface area (Å²) < 4.78 is 41.0. The average molecular weight is 819 g/mol. The number of nitrogens with one attached hydrogen (secondary N) is 1. The Hall–Kier alpha value is -4.83. The van der Waals surface area contributed by atoms with Crippen molar-refractivity contribution < 1.29 is 38.0 Å². The van der Waals surface area contributed by atoms with E-state index in [4.69, 9.17) is 28.1 Å². The minimum absolute atomic E-state index is 0.0785. The molecular formula is C46H54N4O8Si. The van der Waals surface area contributed by atoms with Gasteiger partial charge in [-0.15, -0.1) is 0 Å². The maximum Gasteiger partial charge on any atom is 0.256 e. The van der Waals surface area contributed by atoms with Crippen LogP contribution in [0, 0.1) is 0 Å². The number of ether oxygens (including phenoxy) is 5. The van der Waals surface area contributed by atoms with Crippen molar-refractivity contribution in [2.75, 3.05) is 33.3 Å². The maximum absolute atomic E-state index is 13.2. The van der Waals surface area contributed by atoms with Crippen molar-refractivity contribution in [2.24, 2.45) is 0 Å². The number of benzene rings is 3. The number of methoxy groups -OCH3 is 3. The van der Waals surface area contributed by atoms with Gasteiger partial charge in [-0.25, -0.2) is 9.97 Å². The molecule has 1 aliphatic heterocycles. The third-order valence-corrected chi connectivity index (χ3v) is 16.5. The van der Waals surface area contributed by atoms with Crippen molar-refractivity contribution in [3.05, 3.63) is 150 Å². The summed E-state index contributed by atoms with van der Waals surface area (Å²) in [5, 5.41) is 15.9. The lowest BCUT2D eigenvalue weighted by molar-refractivity contribution is -0.253. The molecular weight excluding hydrogens is 765 g/mol. The zero-order valence-corrected chi connectivity index (χ0v) is 35.9. The number of carbonyl (C=O) groups is 1. The molecule has 0 unspecified atom stereocenters. The van der Waals surface area contributed by atoms with Crippen LogP contribution >= 0.6 is 0 Å². The van der Waals surface area contributed by atoms with Crippen molar-refractivity contribution in [2.45, 2.75) is 80.9 Å². The lowest BCUT2D eigenvalue weighted by atomic mass is 9.77. The van der Waals surface area contributed by atoms with Gasteiger partial charge >= 0.3 is 0 Å². The van der Waals surface area contributed by atoms with E-state index in [0.717, 1.165) is 16.7 Å². The van der Waals surface area contributed by atoms with E-state index in [1.807, 2.05) is 78.9 Å². The number of aliphatic hydroxyl groups excluding tert-OH is 1. The van der Waals surface area contributed by atoms with E-state index in [1.165, 1.54) is 13.4 Å². The minimum atomic E-state index is -2.69. The van der Waals surface area contributed by atoms with Crippen molar-refractivity contribution in [3.8, 4) is 0 Å². The van der Waals surface area contributed by atoms with Gasteiger partial charge in [0, 0.05) is 39.5 Å². The number of hydrogen-bond acceptors (Lipinski definition) is 10. The van der Waals surface area contributed by atoms with E-state index in [2.05, 4.69) is 55.2 Å². The fourth-order valence-corrected chi connectivity index (χ4v) is 9.05. The van der Waals surface area contributed by atoms with Crippen LogP contribution in [-0.2, 0) is 33.7 Å². The van der Waals surface area contributed by atoms with E-state index < -0.39 is 43.9 Å². The summed E-state index contributed by atoms with van der Waals surface area (Å²) in [5.41, 5.74) is 2.40. The van der Waals surface area contributed by atoms with Gasteiger partial charge in [0.25, 0.3) is 5.91 Å². The summed E-state index contributed by atoms with van der Waals surface area (Å²) in [7, 11) is 2.07. The van der Waals surface area contributed by atoms with Crippen LogP contribution in [0.15, 0.2) is 133 Å². The Bertz CT molecular complexity index is 2250. The predicted octanol–water partition coefficient (Wildman–Crippen LogP) is 8.14. The Balaban J connectivity index is 1.31. The number of hydrogen-bond donors (Lipinski definition) is 2. The minimum Gasteiger partial charge on any atom is -0.385 e. The fraction of sp³-hybridized carbons (Fsp3) is 0.370. The summed E-state index contributed by atoms with van der Waals surface area (Å²) in [6.45, 7) is 10.5. The molecule has 4 atom stereocenters. The van der Waals surface area contributed by atoms with Crippen LogP contribution in [-0.4, -0.2) is 85.6 Å². The molecule has 2 aromatic heterocycles. The quantitative estimate of drug-likeness (QED) is 0.0835. The van der Waals surface area contributed by atoms with E-state index in [1.54, 1.807) is 55.3 Å². The fourth-order valence-electron chi connectivity index (χ4n) is 7.64. The summed E-state index contributed by atoms with van der Waals surface area (Å²) >= 11 is 0. The number of fused-ring (bicyclic) bond motifs is 1. The van der Waals surface area contributed by atoms with Crippen LogP contribution in [0.2, 0.25) is 18.1 Å². The van der Waals surface area contributed by atoms with Crippen molar-refractivity contribution in [3.63, 3.8) is 0 Å². The van der Waals surface area contributed by atoms with Crippen molar-refractivity contribution >= 4 is 31.1 Å². The second-order valence-electron chi connectivity index (χ2n) is 16.4. The zero-order valence-electron chi connectivity index (χ0n) is 34.9. The molecule has 2 aliphatic rings. The molecule has 1 saturated heterocycles. The first kappa shape index (κ1) is 42.3. The van der Waals surface area contributed by atoms with Gasteiger partial charge in [-0.1, -0.05) is 112 Å². The molecule has 1 amide bonds. The topological polar surface area (TPSA) is 135 Å². The third-order valence-electron chi connectivity index (χ3n) is 12.0. The number of aromatic nitrogens is 3. The van der Waals surface area contributed by atoms with Gasteiger partial charge in [0.1, 0.15) is 35.6 Å². The molecule has 2 N–H and O–H groups in total. The van der Waals surface area contributed by atoms with Gasteiger partial charge in [-0.2, -0.15) is 0 Å². The molecule has 59 heavy (non-hydrogen) atoms. The van der Waals surface area contributed by atoms with Crippen LogP contribution in [0.3, 0.4) is 0 Å². The normalized spacial score (nSPS) is 22.1. The highest BCUT2D eigenvalue weighted by Gasteiger charge is 2.63. The largest absolute Gasteiger partial charge is 0.385 e. The Kier molecular flexibility index (Phi) is 11.9. The van der Waals surface area contributed by atoms with Gasteiger partial charge in [-0.05, 0) is 59.1 Å². The smallest absolute Gasteiger partial charge is 0.256 e. The molecule has 3 aromatic carbocycles. The lowest BCUT2D eigenvalue weighted by Crippen LogP contribution is -2.58. The Morgan fingerprint density at radius 3 is 2.05 bits per heavy atom. The number of aliphatic hydroxyl groups is 1. The lowest BCUT2D eigenvalue weighted by Gasteiger charge is -2.46. The molecule has 0 bridgehead atoms. The monoisotopic (exact) mass is 818 g/mol. The molecule has 12 nitrogen and oxygen atoms in total. The van der Waals surface area contributed by atoms with Gasteiger partial charge < -0.3 is 43.1 Å². The van der Waals surface area contributed by atoms with Crippen LogP contribution < -0.4 is 5.32 Å². The number of nitrogens with zero attached hydrogens (tertiary/aromatic N) is 3. The first-order chi connectivity index (χ1) is 28.2. The van der Waals surface area contributed by atoms with E-state index >= 15 is 0 Å². The van der Waals surface area contributed by atoms with Crippen LogP contribution in [0.4, 0.5) is 5.82 Å². The Morgan fingerprint density at radius 2 is 1.51 bits per heavy atom. The molecule has 3 heterocycles. The number of amides is 1. The summed E-state index contributed by atoms with van der Waals surface area (Å²) in [4.78, 5) is 22.3. The first-order valence-corrected chi connectivity index (χ1v) is 22.7. The Labute approximate surface area is 346 Å². The standard InChI is InChI=1S/C46H54N4O8Si/c1-43(2,3)59(7,8)58-46(55-6)38(51)37(57-42(46)50-29-26-36-39(47-31-48-40(36)50)49-41(52)32-18-12-9-13-19-32)30-56-45(33-20-14-10-15-21-33,34-22-16-11-17-23-34)35-24-27-44(53-4,54-5)28-25-35/h9-27,29,31,37-38,42,51H,28,30H2,1-8H3,(H,47,48,49,52)/t37-,38-,42-,46-/m1/s1. The van der Waals surface area contributed by atoms with Gasteiger partial charge in [0.15, 0.2) is 20.3 Å². The van der Waals surface area contributed by atoms with E-state index in [0.29, 0.717) is 28.8 Å². The van der Waals surface area contributed by atoms with Crippen molar-refractivity contribution in [1.29, 1.82) is 0 Å². The molecule has 7 rings (SSSR count). The molecule has 0 spiro atoms. The maximum atomic E-state index is 13.2. The van der Waals surface area contributed by atoms with Gasteiger partial charge in [-0.3, -0.25) is 4.79 Å². The molecule has 5 aromatic rings.